The first-order chi connectivity index (χ1) is 19.9. The summed E-state index contributed by atoms with van der Waals surface area (Å²) in [6.45, 7) is 7.42. The molecule has 0 saturated carbocycles. The standard InChI is InChI=1S/C31H32N4O6S/c1-15-10-12-18-13-11-16(2)34-14-19(24(36)20(15)23(18)34)26(37)32-21(17-8-6-5-7-9-17)27(38)33-22-28(39)35-25(30(40)41)31(3,4)42-29(22)35/h5-10,12,14,16,21-22,25,29H,11,13H2,1-4H3,(H,32,37)(H,33,38)(H,40,41). The summed E-state index contributed by atoms with van der Waals surface area (Å²) in [5.74, 6) is -2.90. The van der Waals surface area contributed by atoms with Crippen LogP contribution in [0.1, 0.15) is 66.3 Å². The molecule has 6 rings (SSSR count). The normalized spacial score (nSPS) is 24.5. The molecule has 218 valence electrons. The van der Waals surface area contributed by atoms with Crippen molar-refractivity contribution >= 4 is 46.4 Å². The summed E-state index contributed by atoms with van der Waals surface area (Å²) in [6.07, 6.45) is 3.30. The second kappa shape index (κ2) is 10.0. The van der Waals surface area contributed by atoms with Gasteiger partial charge in [0.15, 0.2) is 0 Å². The number of carbonyl (C=O) groups excluding carboxylic acids is 3. The number of hydrogen-bond donors (Lipinski definition) is 3. The number of hydrogen-bond acceptors (Lipinski definition) is 6. The number of fused-ring (bicyclic) bond motifs is 1. The first kappa shape index (κ1) is 28.0. The molecule has 3 aliphatic heterocycles. The summed E-state index contributed by atoms with van der Waals surface area (Å²) >= 11 is 1.32. The van der Waals surface area contributed by atoms with Crippen LogP contribution < -0.4 is 16.1 Å². The Kier molecular flexibility index (Phi) is 6.68. The molecule has 3 aromatic rings. The number of nitrogens with one attached hydrogen (secondary N) is 2. The molecule has 3 aliphatic rings. The lowest BCUT2D eigenvalue weighted by atomic mass is 9.93. The first-order valence-electron chi connectivity index (χ1n) is 14.0. The lowest BCUT2D eigenvalue weighted by Crippen LogP contribution is -2.71. The zero-order chi connectivity index (χ0) is 30.1. The largest absolute Gasteiger partial charge is 0.480 e. The molecule has 3 amide bonds. The fraction of sp³-hybridized carbons (Fsp3) is 0.387. The highest BCUT2D eigenvalue weighted by molar-refractivity contribution is 8.01. The lowest BCUT2D eigenvalue weighted by Gasteiger charge is -2.44. The van der Waals surface area contributed by atoms with Gasteiger partial charge in [0.1, 0.15) is 29.1 Å². The van der Waals surface area contributed by atoms with Gasteiger partial charge in [-0.2, -0.15) is 0 Å². The third kappa shape index (κ3) is 4.29. The molecule has 2 saturated heterocycles. The van der Waals surface area contributed by atoms with E-state index in [4.69, 9.17) is 0 Å². The van der Waals surface area contributed by atoms with Crippen LogP contribution in [0.2, 0.25) is 0 Å². The van der Waals surface area contributed by atoms with Gasteiger partial charge in [-0.3, -0.25) is 19.2 Å². The molecule has 2 aromatic carbocycles. The van der Waals surface area contributed by atoms with Gasteiger partial charge in [-0.25, -0.2) is 4.79 Å². The molecule has 2 fully saturated rings. The second-order valence-electron chi connectivity index (χ2n) is 11.8. The number of aryl methyl sites for hydroxylation is 2. The van der Waals surface area contributed by atoms with Crippen molar-refractivity contribution < 1.29 is 24.3 Å². The van der Waals surface area contributed by atoms with Crippen molar-refractivity contribution in [3.05, 3.63) is 81.1 Å². The highest BCUT2D eigenvalue weighted by Gasteiger charge is 2.64. The van der Waals surface area contributed by atoms with Crippen molar-refractivity contribution in [3.63, 3.8) is 0 Å². The Morgan fingerprint density at radius 3 is 2.50 bits per heavy atom. The fourth-order valence-corrected chi connectivity index (χ4v) is 8.09. The molecular weight excluding hydrogens is 556 g/mol. The minimum Gasteiger partial charge on any atom is -0.480 e. The highest BCUT2D eigenvalue weighted by Crippen LogP contribution is 2.50. The van der Waals surface area contributed by atoms with Gasteiger partial charge in [0.25, 0.3) is 5.91 Å². The smallest absolute Gasteiger partial charge is 0.327 e. The zero-order valence-corrected chi connectivity index (χ0v) is 24.5. The molecule has 5 atom stereocenters. The van der Waals surface area contributed by atoms with Gasteiger partial charge in [-0.05, 0) is 57.2 Å². The van der Waals surface area contributed by atoms with Crippen molar-refractivity contribution in [1.82, 2.24) is 20.1 Å². The number of rotatable bonds is 6. The van der Waals surface area contributed by atoms with Crippen LogP contribution in [-0.2, 0) is 20.8 Å². The number of carbonyl (C=O) groups is 4. The van der Waals surface area contributed by atoms with Crippen molar-refractivity contribution in [2.45, 2.75) is 74.8 Å². The number of aliphatic carboxylic acids is 1. The molecule has 4 heterocycles. The number of β-lactam (4-membered cyclic amide) rings is 1. The molecular formula is C31H32N4O6S. The Morgan fingerprint density at radius 2 is 1.81 bits per heavy atom. The van der Waals surface area contributed by atoms with Crippen LogP contribution >= 0.6 is 11.8 Å². The molecule has 0 bridgehead atoms. The van der Waals surface area contributed by atoms with Gasteiger partial charge in [-0.15, -0.1) is 11.8 Å². The predicted molar refractivity (Wildman–Crippen MR) is 158 cm³/mol. The highest BCUT2D eigenvalue weighted by atomic mass is 32.2. The van der Waals surface area contributed by atoms with Gasteiger partial charge in [0, 0.05) is 22.4 Å². The van der Waals surface area contributed by atoms with Gasteiger partial charge in [0.05, 0.1) is 5.52 Å². The zero-order valence-electron chi connectivity index (χ0n) is 23.7. The van der Waals surface area contributed by atoms with E-state index in [-0.39, 0.29) is 11.6 Å². The monoisotopic (exact) mass is 588 g/mol. The Bertz CT molecular complexity index is 1720. The van der Waals surface area contributed by atoms with E-state index in [9.17, 15) is 29.1 Å². The van der Waals surface area contributed by atoms with Crippen LogP contribution in [0.4, 0.5) is 0 Å². The molecule has 10 nitrogen and oxygen atoms in total. The Morgan fingerprint density at radius 1 is 1.10 bits per heavy atom. The van der Waals surface area contributed by atoms with Gasteiger partial charge in [0.2, 0.25) is 17.2 Å². The second-order valence-corrected chi connectivity index (χ2v) is 13.6. The summed E-state index contributed by atoms with van der Waals surface area (Å²) in [6, 6.07) is 9.47. The van der Waals surface area contributed by atoms with Crippen LogP contribution in [0.3, 0.4) is 0 Å². The fourth-order valence-electron chi connectivity index (χ4n) is 6.46. The predicted octanol–water partition coefficient (Wildman–Crippen LogP) is 2.92. The maximum atomic E-state index is 13.8. The van der Waals surface area contributed by atoms with Crippen molar-refractivity contribution in [2.24, 2.45) is 0 Å². The van der Waals surface area contributed by atoms with Gasteiger partial charge in [-0.1, -0.05) is 42.5 Å². The average molecular weight is 589 g/mol. The van der Waals surface area contributed by atoms with E-state index in [1.165, 1.54) is 16.7 Å². The van der Waals surface area contributed by atoms with E-state index >= 15 is 0 Å². The summed E-state index contributed by atoms with van der Waals surface area (Å²) in [5.41, 5.74) is 2.71. The lowest BCUT2D eigenvalue weighted by molar-refractivity contribution is -0.161. The van der Waals surface area contributed by atoms with Gasteiger partial charge < -0.3 is 25.2 Å². The van der Waals surface area contributed by atoms with E-state index < -0.39 is 57.4 Å². The van der Waals surface area contributed by atoms with Crippen molar-refractivity contribution in [2.75, 3.05) is 0 Å². The van der Waals surface area contributed by atoms with Crippen LogP contribution in [-0.4, -0.2) is 60.5 Å². The van der Waals surface area contributed by atoms with Crippen LogP contribution in [0.5, 0.6) is 0 Å². The Hall–Kier alpha value is -4.12. The summed E-state index contributed by atoms with van der Waals surface area (Å²) in [4.78, 5) is 67.4. The molecule has 0 aliphatic carbocycles. The number of carboxylic acid groups (broad SMARTS) is 1. The average Bonchev–Trinajstić information content (AvgIpc) is 3.21. The van der Waals surface area contributed by atoms with Crippen LogP contribution in [0.15, 0.2) is 53.5 Å². The molecule has 5 unspecified atom stereocenters. The third-order valence-electron chi connectivity index (χ3n) is 8.66. The maximum absolute atomic E-state index is 13.8. The van der Waals surface area contributed by atoms with Crippen LogP contribution in [0, 0.1) is 6.92 Å². The molecule has 3 N–H and O–H groups in total. The molecule has 42 heavy (non-hydrogen) atoms. The SMILES string of the molecule is Cc1ccc2c3c1c(=O)c(C(=O)NC(C(=O)NC1C(=O)N4C1SC(C)(C)C4C(=O)O)c1ccccc1)cn3C(C)CC2. The molecule has 1 aromatic heterocycles. The minimum absolute atomic E-state index is 0.0616. The maximum Gasteiger partial charge on any atom is 0.327 e. The van der Waals surface area contributed by atoms with Gasteiger partial charge >= 0.3 is 5.97 Å². The topological polar surface area (TPSA) is 138 Å². The van der Waals surface area contributed by atoms with E-state index in [1.807, 2.05) is 30.5 Å². The van der Waals surface area contributed by atoms with Crippen LogP contribution in [0.25, 0.3) is 10.9 Å². The van der Waals surface area contributed by atoms with E-state index in [1.54, 1.807) is 50.4 Å². The van der Waals surface area contributed by atoms with Crippen molar-refractivity contribution in [3.8, 4) is 0 Å². The number of pyridine rings is 1. The number of nitrogens with zero attached hydrogens (tertiary/aromatic N) is 2. The number of amides is 3. The number of aromatic nitrogens is 1. The minimum atomic E-state index is -1.20. The Balaban J connectivity index is 1.31. The van der Waals surface area contributed by atoms with Crippen molar-refractivity contribution in [1.29, 1.82) is 0 Å². The number of thioether (sulfide) groups is 1. The molecule has 11 heteroatoms. The third-order valence-corrected chi connectivity index (χ3v) is 10.2. The molecule has 0 spiro atoms. The number of carboxylic acids is 1. The Labute approximate surface area is 246 Å². The summed E-state index contributed by atoms with van der Waals surface area (Å²) in [5, 5.41) is 15.2. The number of benzene rings is 2. The molecule has 0 radical (unpaired) electrons. The van der Waals surface area contributed by atoms with E-state index in [0.717, 1.165) is 29.5 Å². The van der Waals surface area contributed by atoms with E-state index in [2.05, 4.69) is 10.6 Å². The quantitative estimate of drug-likeness (QED) is 0.377. The summed E-state index contributed by atoms with van der Waals surface area (Å²) in [7, 11) is 0. The first-order valence-corrected chi connectivity index (χ1v) is 14.8. The summed E-state index contributed by atoms with van der Waals surface area (Å²) < 4.78 is 1.24. The van der Waals surface area contributed by atoms with E-state index in [0.29, 0.717) is 10.9 Å².